The zero-order chi connectivity index (χ0) is 13.9. The van der Waals surface area contributed by atoms with Gasteiger partial charge in [0.2, 0.25) is 0 Å². The van der Waals surface area contributed by atoms with E-state index in [1.54, 1.807) is 24.5 Å². The van der Waals surface area contributed by atoms with Gasteiger partial charge in [0, 0.05) is 11.5 Å². The van der Waals surface area contributed by atoms with Crippen LogP contribution in [0.1, 0.15) is 10.8 Å². The lowest BCUT2D eigenvalue weighted by Crippen LogP contribution is -1.80. The van der Waals surface area contributed by atoms with E-state index < -0.39 is 0 Å². The lowest BCUT2D eigenvalue weighted by Gasteiger charge is -1.91. The number of nitriles is 1. The lowest BCUT2D eigenvalue weighted by molar-refractivity contribution is 0.557. The van der Waals surface area contributed by atoms with Crippen LogP contribution in [0.5, 0.6) is 0 Å². The second-order valence-electron chi connectivity index (χ2n) is 3.83. The summed E-state index contributed by atoms with van der Waals surface area (Å²) in [6, 6.07) is 9.49. The van der Waals surface area contributed by atoms with Crippen molar-refractivity contribution in [2.24, 2.45) is 0 Å². The molecule has 20 heavy (non-hydrogen) atoms. The highest BCUT2D eigenvalue weighted by Crippen LogP contribution is 2.33. The quantitative estimate of drug-likeness (QED) is 0.625. The molecule has 0 bridgehead atoms. The summed E-state index contributed by atoms with van der Waals surface area (Å²) in [5, 5.41) is 11.8. The minimum Gasteiger partial charge on any atom is -0.465 e. The minimum absolute atomic E-state index is 0.485. The number of nitrogens with zero attached hydrogens (tertiary/aromatic N) is 2. The molecule has 0 spiro atoms. The molecule has 3 aromatic rings. The first kappa shape index (κ1) is 13.1. The van der Waals surface area contributed by atoms with Crippen LogP contribution in [0.2, 0.25) is 4.34 Å². The second kappa shape index (κ2) is 5.63. The first-order valence-corrected chi connectivity index (χ1v) is 7.70. The van der Waals surface area contributed by atoms with E-state index in [4.69, 9.17) is 16.0 Å². The number of aromatic nitrogens is 1. The summed E-state index contributed by atoms with van der Waals surface area (Å²) in [6.07, 6.45) is 3.26. The molecule has 0 aliphatic heterocycles. The van der Waals surface area contributed by atoms with E-state index >= 15 is 0 Å². The minimum atomic E-state index is 0.485. The SMILES string of the molecule is N#C/C(=C\c1ccco1)c1nc(-c2ccc(Cl)s2)cs1. The van der Waals surface area contributed by atoms with E-state index in [1.807, 2.05) is 17.5 Å². The molecular weight excluding hydrogens is 312 g/mol. The van der Waals surface area contributed by atoms with Gasteiger partial charge in [-0.3, -0.25) is 0 Å². The highest BCUT2D eigenvalue weighted by molar-refractivity contribution is 7.19. The summed E-state index contributed by atoms with van der Waals surface area (Å²) in [4.78, 5) is 5.48. The maximum Gasteiger partial charge on any atom is 0.134 e. The number of allylic oxidation sites excluding steroid dienone is 1. The van der Waals surface area contributed by atoms with Crippen molar-refractivity contribution in [1.82, 2.24) is 4.98 Å². The Morgan fingerprint density at radius 3 is 2.95 bits per heavy atom. The Bertz CT molecular complexity index is 793. The zero-order valence-corrected chi connectivity index (χ0v) is 12.4. The van der Waals surface area contributed by atoms with Crippen LogP contribution < -0.4 is 0 Å². The molecule has 0 fully saturated rings. The molecule has 3 nitrogen and oxygen atoms in total. The molecule has 0 aliphatic carbocycles. The molecule has 3 aromatic heterocycles. The van der Waals surface area contributed by atoms with Crippen LogP contribution in [0.3, 0.4) is 0 Å². The number of furan rings is 1. The van der Waals surface area contributed by atoms with Gasteiger partial charge in [-0.1, -0.05) is 11.6 Å². The molecule has 0 unspecified atom stereocenters. The molecule has 0 radical (unpaired) electrons. The van der Waals surface area contributed by atoms with Crippen LogP contribution in [0, 0.1) is 11.3 Å². The first-order valence-electron chi connectivity index (χ1n) is 5.63. The molecule has 0 N–H and O–H groups in total. The normalized spacial score (nSPS) is 11.5. The van der Waals surface area contributed by atoms with Crippen molar-refractivity contribution in [3.05, 3.63) is 51.0 Å². The molecule has 0 aliphatic rings. The summed E-state index contributed by atoms with van der Waals surface area (Å²) in [5.41, 5.74) is 1.32. The Balaban J connectivity index is 1.95. The van der Waals surface area contributed by atoms with Gasteiger partial charge in [-0.05, 0) is 24.3 Å². The topological polar surface area (TPSA) is 49.8 Å². The third-order valence-corrected chi connectivity index (χ3v) is 4.64. The van der Waals surface area contributed by atoms with Gasteiger partial charge >= 0.3 is 0 Å². The van der Waals surface area contributed by atoms with Gasteiger partial charge in [-0.25, -0.2) is 4.98 Å². The van der Waals surface area contributed by atoms with Crippen LogP contribution in [0.25, 0.3) is 22.2 Å². The van der Waals surface area contributed by atoms with Crippen molar-refractivity contribution < 1.29 is 4.42 Å². The van der Waals surface area contributed by atoms with Gasteiger partial charge in [0.15, 0.2) is 0 Å². The lowest BCUT2D eigenvalue weighted by atomic mass is 10.2. The number of thiophene rings is 1. The standard InChI is InChI=1S/C14H7ClN2OS2/c15-13-4-3-12(20-13)11-8-19-14(17-11)9(7-16)6-10-2-1-5-18-10/h1-6,8H/b9-6+. The highest BCUT2D eigenvalue weighted by atomic mass is 35.5. The molecule has 0 saturated carbocycles. The summed E-state index contributed by atoms with van der Waals surface area (Å²) in [6.45, 7) is 0. The Kier molecular flexibility index (Phi) is 3.70. The number of halogens is 1. The molecule has 98 valence electrons. The maximum atomic E-state index is 9.25. The predicted molar refractivity (Wildman–Crippen MR) is 82.6 cm³/mol. The highest BCUT2D eigenvalue weighted by Gasteiger charge is 2.11. The Morgan fingerprint density at radius 2 is 2.30 bits per heavy atom. The summed E-state index contributed by atoms with van der Waals surface area (Å²) in [5.74, 6) is 0.637. The van der Waals surface area contributed by atoms with E-state index in [1.165, 1.54) is 22.7 Å². The summed E-state index contributed by atoms with van der Waals surface area (Å²) < 4.78 is 5.94. The molecular formula is C14H7ClN2OS2. The smallest absolute Gasteiger partial charge is 0.134 e. The van der Waals surface area contributed by atoms with E-state index in [9.17, 15) is 5.26 Å². The molecule has 0 saturated heterocycles. The monoisotopic (exact) mass is 318 g/mol. The van der Waals surface area contributed by atoms with Crippen molar-refractivity contribution in [3.8, 4) is 16.6 Å². The number of hydrogen-bond donors (Lipinski definition) is 0. The first-order chi connectivity index (χ1) is 9.76. The maximum absolute atomic E-state index is 9.25. The number of rotatable bonds is 3. The third kappa shape index (κ3) is 2.68. The number of thiazole rings is 1. The average Bonchev–Trinajstić information content (AvgIpc) is 3.16. The van der Waals surface area contributed by atoms with E-state index in [0.29, 0.717) is 16.3 Å². The summed E-state index contributed by atoms with van der Waals surface area (Å²) >= 11 is 8.82. The number of hydrogen-bond acceptors (Lipinski definition) is 5. The van der Waals surface area contributed by atoms with Gasteiger partial charge in [0.05, 0.1) is 26.7 Å². The molecule has 3 rings (SSSR count). The third-order valence-electron chi connectivity index (χ3n) is 2.51. The second-order valence-corrected chi connectivity index (χ2v) is 6.40. The van der Waals surface area contributed by atoms with Crippen LogP contribution in [0.4, 0.5) is 0 Å². The molecule has 0 aromatic carbocycles. The molecule has 3 heterocycles. The van der Waals surface area contributed by atoms with Crippen LogP contribution >= 0.6 is 34.3 Å². The molecule has 0 amide bonds. The van der Waals surface area contributed by atoms with Crippen molar-refractivity contribution in [2.45, 2.75) is 0 Å². The molecule has 6 heteroatoms. The van der Waals surface area contributed by atoms with E-state index in [-0.39, 0.29) is 0 Å². The zero-order valence-electron chi connectivity index (χ0n) is 10.0. The van der Waals surface area contributed by atoms with Crippen LogP contribution in [0.15, 0.2) is 40.3 Å². The van der Waals surface area contributed by atoms with Crippen molar-refractivity contribution in [1.29, 1.82) is 5.26 Å². The van der Waals surface area contributed by atoms with Gasteiger partial charge in [-0.15, -0.1) is 22.7 Å². The fraction of sp³-hybridized carbons (Fsp3) is 0. The Hall–Kier alpha value is -1.87. The summed E-state index contributed by atoms with van der Waals surface area (Å²) in [7, 11) is 0. The Morgan fingerprint density at radius 1 is 1.40 bits per heavy atom. The Labute approximate surface area is 128 Å². The van der Waals surface area contributed by atoms with Crippen LogP contribution in [-0.4, -0.2) is 4.98 Å². The van der Waals surface area contributed by atoms with Crippen LogP contribution in [-0.2, 0) is 0 Å². The molecule has 0 atom stereocenters. The van der Waals surface area contributed by atoms with Crippen molar-refractivity contribution in [2.75, 3.05) is 0 Å². The average molecular weight is 319 g/mol. The van der Waals surface area contributed by atoms with Crippen molar-refractivity contribution >= 4 is 45.9 Å². The van der Waals surface area contributed by atoms with Gasteiger partial charge in [0.1, 0.15) is 16.8 Å². The van der Waals surface area contributed by atoms with Gasteiger partial charge < -0.3 is 4.42 Å². The fourth-order valence-corrected chi connectivity index (χ4v) is 3.48. The van der Waals surface area contributed by atoms with Crippen molar-refractivity contribution in [3.63, 3.8) is 0 Å². The van der Waals surface area contributed by atoms with E-state index in [0.717, 1.165) is 14.9 Å². The van der Waals surface area contributed by atoms with Gasteiger partial charge in [0.25, 0.3) is 0 Å². The van der Waals surface area contributed by atoms with Gasteiger partial charge in [-0.2, -0.15) is 5.26 Å². The van der Waals surface area contributed by atoms with E-state index in [2.05, 4.69) is 11.1 Å². The largest absolute Gasteiger partial charge is 0.465 e. The fourth-order valence-electron chi connectivity index (χ4n) is 1.62. The predicted octanol–water partition coefficient (Wildman–Crippen LogP) is 5.18.